The third-order valence-electron chi connectivity index (χ3n) is 2.26. The van der Waals surface area contributed by atoms with Crippen LogP contribution in [-0.4, -0.2) is 36.6 Å². The summed E-state index contributed by atoms with van der Waals surface area (Å²) in [5, 5.41) is 0. The molecule has 0 saturated heterocycles. The topological polar surface area (TPSA) is 95.2 Å². The van der Waals surface area contributed by atoms with Gasteiger partial charge in [-0.2, -0.15) is 0 Å². The minimum absolute atomic E-state index is 0. The first-order valence-electron chi connectivity index (χ1n) is 5.79. The van der Waals surface area contributed by atoms with Crippen LogP contribution in [0.3, 0.4) is 0 Å². The van der Waals surface area contributed by atoms with Gasteiger partial charge in [-0.25, -0.2) is 4.79 Å². The van der Waals surface area contributed by atoms with Gasteiger partial charge in [0.05, 0.1) is 6.54 Å². The van der Waals surface area contributed by atoms with Crippen LogP contribution in [-0.2, 0) is 14.3 Å². The van der Waals surface area contributed by atoms with Crippen LogP contribution in [0.5, 0.6) is 0 Å². The number of carbonyl (C=O) groups excluding carboxylic acids is 1. The van der Waals surface area contributed by atoms with Crippen LogP contribution in [0, 0.1) is 0 Å². The van der Waals surface area contributed by atoms with Gasteiger partial charge in [-0.05, 0) is 20.8 Å². The highest BCUT2D eigenvalue weighted by Crippen LogP contribution is 2.19. The van der Waals surface area contributed by atoms with Crippen molar-refractivity contribution in [1.29, 1.82) is 0 Å². The number of fused-ring (bicyclic) bond motifs is 1. The van der Waals surface area contributed by atoms with E-state index in [2.05, 4.69) is 9.98 Å². The van der Waals surface area contributed by atoms with Gasteiger partial charge in [0.25, 0.3) is 0 Å². The van der Waals surface area contributed by atoms with Crippen molar-refractivity contribution < 1.29 is 14.3 Å². The summed E-state index contributed by atoms with van der Waals surface area (Å²) in [6, 6.07) is 0. The first kappa shape index (κ1) is 15.1. The number of carbonyl (C=O) groups is 1. The summed E-state index contributed by atoms with van der Waals surface area (Å²) in [5.41, 5.74) is 0.636. The van der Waals surface area contributed by atoms with Gasteiger partial charge in [0.15, 0.2) is 0 Å². The molecule has 0 aliphatic carbocycles. The molecule has 0 atom stereocenters. The number of hydrogen-bond donors (Lipinski definition) is 1. The molecular formula is C13H19N3O3. The molecule has 0 aromatic carbocycles. The largest absolute Gasteiger partial charge is 0.487 e. The van der Waals surface area contributed by atoms with Gasteiger partial charge in [-0.15, -0.1) is 0 Å². The van der Waals surface area contributed by atoms with E-state index in [0.29, 0.717) is 24.6 Å². The second-order valence-corrected chi connectivity index (χ2v) is 5.01. The zero-order chi connectivity index (χ0) is 13.2. The van der Waals surface area contributed by atoms with E-state index >= 15 is 0 Å². The summed E-state index contributed by atoms with van der Waals surface area (Å²) in [4.78, 5) is 20.1. The van der Waals surface area contributed by atoms with Gasteiger partial charge in [-0.1, -0.05) is 0 Å². The number of esters is 1. The van der Waals surface area contributed by atoms with E-state index in [4.69, 9.17) is 9.47 Å². The van der Waals surface area contributed by atoms with E-state index in [0.717, 1.165) is 5.57 Å². The van der Waals surface area contributed by atoms with Crippen molar-refractivity contribution in [2.75, 3.05) is 13.2 Å². The molecule has 0 amide bonds. The molecule has 0 radical (unpaired) electrons. The summed E-state index contributed by atoms with van der Waals surface area (Å²) >= 11 is 0. The number of ether oxygens (including phenoxy) is 2. The minimum Gasteiger partial charge on any atom is -0.487 e. The maximum absolute atomic E-state index is 11.9. The molecule has 0 aromatic heterocycles. The maximum Gasteiger partial charge on any atom is 0.357 e. The molecule has 2 rings (SSSR count). The quantitative estimate of drug-likeness (QED) is 0.731. The Morgan fingerprint density at radius 3 is 2.84 bits per heavy atom. The van der Waals surface area contributed by atoms with Gasteiger partial charge in [0.1, 0.15) is 23.7 Å². The molecule has 104 valence electrons. The Balaban J connectivity index is 0.00000180. The fourth-order valence-electron chi connectivity index (χ4n) is 1.52. The van der Waals surface area contributed by atoms with Crippen molar-refractivity contribution in [2.24, 2.45) is 9.98 Å². The third-order valence-corrected chi connectivity index (χ3v) is 2.26. The van der Waals surface area contributed by atoms with Crippen LogP contribution >= 0.6 is 0 Å². The molecule has 2 heterocycles. The zero-order valence-electron chi connectivity index (χ0n) is 11.5. The lowest BCUT2D eigenvalue weighted by Gasteiger charge is -2.21. The van der Waals surface area contributed by atoms with Crippen molar-refractivity contribution in [3.8, 4) is 0 Å². The second-order valence-electron chi connectivity index (χ2n) is 5.01. The van der Waals surface area contributed by atoms with Gasteiger partial charge in [0.2, 0.25) is 0 Å². The van der Waals surface area contributed by atoms with Crippen molar-refractivity contribution in [1.82, 2.24) is 6.15 Å². The van der Waals surface area contributed by atoms with E-state index in [1.807, 2.05) is 20.8 Å². The fourth-order valence-corrected chi connectivity index (χ4v) is 1.52. The number of dihydropyridines is 1. The molecule has 0 unspecified atom stereocenters. The van der Waals surface area contributed by atoms with Crippen molar-refractivity contribution >= 4 is 17.9 Å². The SMILES string of the molecule is CC(C)(C)OC(=O)C1=NCC2=CN=CCOC2=C1.N. The highest BCUT2D eigenvalue weighted by Gasteiger charge is 2.24. The number of nitrogens with zero attached hydrogens (tertiary/aromatic N) is 2. The van der Waals surface area contributed by atoms with Gasteiger partial charge in [-0.3, -0.25) is 9.98 Å². The van der Waals surface area contributed by atoms with Crippen molar-refractivity contribution in [3.63, 3.8) is 0 Å². The molecular weight excluding hydrogens is 246 g/mol. The highest BCUT2D eigenvalue weighted by molar-refractivity contribution is 6.41. The molecule has 2 aliphatic rings. The molecule has 0 bridgehead atoms. The lowest BCUT2D eigenvalue weighted by atomic mass is 10.1. The van der Waals surface area contributed by atoms with Crippen molar-refractivity contribution in [3.05, 3.63) is 23.6 Å². The van der Waals surface area contributed by atoms with Crippen LogP contribution < -0.4 is 6.15 Å². The number of aliphatic imine (C=N–C) groups is 2. The summed E-state index contributed by atoms with van der Waals surface area (Å²) in [6.45, 7) is 6.25. The highest BCUT2D eigenvalue weighted by atomic mass is 16.6. The average Bonchev–Trinajstić information content (AvgIpc) is 2.50. The Hall–Kier alpha value is -1.95. The Bertz CT molecular complexity index is 482. The standard InChI is InChI=1S/C13H16N2O3.H3N/c1-13(2,3)18-12(16)10-6-11-9(8-15-10)7-14-4-5-17-11;/h4,6-7H,5,8H2,1-3H3;1H3. The van der Waals surface area contributed by atoms with E-state index in [1.54, 1.807) is 18.5 Å². The molecule has 6 heteroatoms. The normalized spacial score (nSPS) is 17.7. The summed E-state index contributed by atoms with van der Waals surface area (Å²) in [5.74, 6) is 0.214. The first-order valence-corrected chi connectivity index (χ1v) is 5.79. The summed E-state index contributed by atoms with van der Waals surface area (Å²) in [7, 11) is 0. The van der Waals surface area contributed by atoms with E-state index < -0.39 is 11.6 Å². The van der Waals surface area contributed by atoms with E-state index in [1.165, 1.54) is 0 Å². The smallest absolute Gasteiger partial charge is 0.357 e. The molecule has 0 aromatic rings. The minimum atomic E-state index is -0.526. The molecule has 3 N–H and O–H groups in total. The number of rotatable bonds is 1. The monoisotopic (exact) mass is 265 g/mol. The molecule has 2 aliphatic heterocycles. The van der Waals surface area contributed by atoms with Crippen LogP contribution in [0.2, 0.25) is 0 Å². The van der Waals surface area contributed by atoms with Crippen molar-refractivity contribution in [2.45, 2.75) is 26.4 Å². The Morgan fingerprint density at radius 2 is 2.16 bits per heavy atom. The predicted molar refractivity (Wildman–Crippen MR) is 73.8 cm³/mol. The van der Waals surface area contributed by atoms with Crippen LogP contribution in [0.15, 0.2) is 33.6 Å². The maximum atomic E-state index is 11.9. The lowest BCUT2D eigenvalue weighted by molar-refractivity contribution is -0.146. The Morgan fingerprint density at radius 1 is 1.42 bits per heavy atom. The van der Waals surface area contributed by atoms with Crippen LogP contribution in [0.1, 0.15) is 20.8 Å². The Labute approximate surface area is 112 Å². The lowest BCUT2D eigenvalue weighted by Crippen LogP contribution is -2.29. The average molecular weight is 265 g/mol. The van der Waals surface area contributed by atoms with E-state index in [9.17, 15) is 4.79 Å². The first-order chi connectivity index (χ1) is 8.46. The molecule has 0 spiro atoms. The van der Waals surface area contributed by atoms with Gasteiger partial charge in [0, 0.05) is 24.1 Å². The van der Waals surface area contributed by atoms with Crippen LogP contribution in [0.4, 0.5) is 0 Å². The molecule has 0 fully saturated rings. The molecule has 0 saturated carbocycles. The van der Waals surface area contributed by atoms with E-state index in [-0.39, 0.29) is 6.15 Å². The van der Waals surface area contributed by atoms with Gasteiger partial charge >= 0.3 is 5.97 Å². The zero-order valence-corrected chi connectivity index (χ0v) is 11.5. The second kappa shape index (κ2) is 5.79. The third kappa shape index (κ3) is 4.03. The van der Waals surface area contributed by atoms with Gasteiger partial charge < -0.3 is 15.6 Å². The summed E-state index contributed by atoms with van der Waals surface area (Å²) < 4.78 is 10.7. The predicted octanol–water partition coefficient (Wildman–Crippen LogP) is 1.81. The Kier molecular flexibility index (Phi) is 4.61. The number of hydrogen-bond acceptors (Lipinski definition) is 6. The molecule has 6 nitrogen and oxygen atoms in total. The fraction of sp³-hybridized carbons (Fsp3) is 0.462. The summed E-state index contributed by atoms with van der Waals surface area (Å²) in [6.07, 6.45) is 4.98. The van der Waals surface area contributed by atoms with Crippen LogP contribution in [0.25, 0.3) is 0 Å². The molecule has 19 heavy (non-hydrogen) atoms.